The second kappa shape index (κ2) is 4.56. The fourth-order valence-electron chi connectivity index (χ4n) is 2.13. The molecule has 2 rings (SSSR count). The molecule has 86 valence electrons. The van der Waals surface area contributed by atoms with Crippen LogP contribution in [0, 0.1) is 20.8 Å². The summed E-state index contributed by atoms with van der Waals surface area (Å²) in [5.74, 6) is 0. The molecule has 0 saturated carbocycles. The normalized spacial score (nSPS) is 11.2. The molecule has 0 aliphatic rings. The number of rotatable bonds is 3. The molecule has 0 bridgehead atoms. The second-order valence-corrected chi connectivity index (χ2v) is 5.44. The Hall–Kier alpha value is -0.860. The average Bonchev–Trinajstić information content (AvgIpc) is 2.60. The van der Waals surface area contributed by atoms with Gasteiger partial charge in [0.25, 0.3) is 0 Å². The molecular weight excluding hydrogens is 214 g/mol. The van der Waals surface area contributed by atoms with E-state index in [-0.39, 0.29) is 0 Å². The van der Waals surface area contributed by atoms with Crippen molar-refractivity contribution in [3.05, 3.63) is 33.7 Å². The molecule has 1 N–H and O–H groups in total. The van der Waals surface area contributed by atoms with E-state index < -0.39 is 0 Å². The molecule has 1 aromatic carbocycles. The number of fused-ring (bicyclic) bond motifs is 1. The highest BCUT2D eigenvalue weighted by molar-refractivity contribution is 7.19. The molecule has 0 spiro atoms. The van der Waals surface area contributed by atoms with E-state index in [0.717, 1.165) is 13.1 Å². The molecule has 0 fully saturated rings. The van der Waals surface area contributed by atoms with Gasteiger partial charge >= 0.3 is 0 Å². The van der Waals surface area contributed by atoms with Gasteiger partial charge in [0.1, 0.15) is 0 Å². The first-order valence-corrected chi connectivity index (χ1v) is 6.65. The molecule has 1 aromatic heterocycles. The third kappa shape index (κ3) is 1.87. The van der Waals surface area contributed by atoms with E-state index >= 15 is 0 Å². The number of nitrogens with one attached hydrogen (secondary N) is 1. The van der Waals surface area contributed by atoms with Gasteiger partial charge in [0.05, 0.1) is 0 Å². The molecule has 1 heterocycles. The van der Waals surface area contributed by atoms with Crippen molar-refractivity contribution < 1.29 is 0 Å². The highest BCUT2D eigenvalue weighted by Crippen LogP contribution is 2.35. The molecule has 0 unspecified atom stereocenters. The Labute approximate surface area is 101 Å². The van der Waals surface area contributed by atoms with Crippen LogP contribution < -0.4 is 5.32 Å². The third-order valence-corrected chi connectivity index (χ3v) is 4.54. The van der Waals surface area contributed by atoms with Gasteiger partial charge in [0.2, 0.25) is 0 Å². The van der Waals surface area contributed by atoms with E-state index in [4.69, 9.17) is 0 Å². The predicted octanol–water partition coefficient (Wildman–Crippen LogP) is 3.94. The first kappa shape index (κ1) is 11.6. The van der Waals surface area contributed by atoms with Gasteiger partial charge in [-0.15, -0.1) is 11.3 Å². The van der Waals surface area contributed by atoms with Crippen LogP contribution in [-0.2, 0) is 6.54 Å². The number of hydrogen-bond acceptors (Lipinski definition) is 2. The van der Waals surface area contributed by atoms with E-state index in [1.807, 2.05) is 11.3 Å². The van der Waals surface area contributed by atoms with Crippen molar-refractivity contribution in [3.63, 3.8) is 0 Å². The Morgan fingerprint density at radius 3 is 2.44 bits per heavy atom. The standard InChI is InChI=1S/C14H19NS/c1-5-15-8-12-11(4)13-9(2)6-7-10(3)14(13)16-12/h6-7,15H,5,8H2,1-4H3. The van der Waals surface area contributed by atoms with Crippen molar-refractivity contribution >= 4 is 21.4 Å². The van der Waals surface area contributed by atoms with Crippen molar-refractivity contribution in [2.45, 2.75) is 34.2 Å². The largest absolute Gasteiger partial charge is 0.312 e. The lowest BCUT2D eigenvalue weighted by molar-refractivity contribution is 0.733. The molecular formula is C14H19NS. The Balaban J connectivity index is 2.58. The number of hydrogen-bond donors (Lipinski definition) is 1. The van der Waals surface area contributed by atoms with Gasteiger partial charge < -0.3 is 5.32 Å². The number of aryl methyl sites for hydroxylation is 3. The molecule has 0 aliphatic heterocycles. The van der Waals surface area contributed by atoms with E-state index in [0.29, 0.717) is 0 Å². The van der Waals surface area contributed by atoms with Gasteiger partial charge in [-0.1, -0.05) is 19.1 Å². The Kier molecular flexibility index (Phi) is 3.31. The molecule has 0 saturated heterocycles. The summed E-state index contributed by atoms with van der Waals surface area (Å²) in [6, 6.07) is 4.46. The fraction of sp³-hybridized carbons (Fsp3) is 0.429. The lowest BCUT2D eigenvalue weighted by Gasteiger charge is -2.01. The molecule has 16 heavy (non-hydrogen) atoms. The van der Waals surface area contributed by atoms with Crippen molar-refractivity contribution in [2.24, 2.45) is 0 Å². The minimum Gasteiger partial charge on any atom is -0.312 e. The Morgan fingerprint density at radius 1 is 1.12 bits per heavy atom. The lowest BCUT2D eigenvalue weighted by atomic mass is 10.0. The van der Waals surface area contributed by atoms with Gasteiger partial charge in [-0.2, -0.15) is 0 Å². The first-order chi connectivity index (χ1) is 7.65. The highest BCUT2D eigenvalue weighted by atomic mass is 32.1. The van der Waals surface area contributed by atoms with Crippen molar-refractivity contribution in [2.75, 3.05) is 6.54 Å². The van der Waals surface area contributed by atoms with Crippen molar-refractivity contribution in [3.8, 4) is 0 Å². The fourth-order valence-corrected chi connectivity index (χ4v) is 3.45. The van der Waals surface area contributed by atoms with Crippen LogP contribution in [0.1, 0.15) is 28.5 Å². The lowest BCUT2D eigenvalue weighted by Crippen LogP contribution is -2.11. The molecule has 0 amide bonds. The highest BCUT2D eigenvalue weighted by Gasteiger charge is 2.11. The minimum absolute atomic E-state index is 1.00. The monoisotopic (exact) mass is 233 g/mol. The van der Waals surface area contributed by atoms with Gasteiger partial charge in [0.15, 0.2) is 0 Å². The van der Waals surface area contributed by atoms with Gasteiger partial charge in [-0.3, -0.25) is 0 Å². The Bertz CT molecular complexity index is 511. The minimum atomic E-state index is 1.00. The summed E-state index contributed by atoms with van der Waals surface area (Å²) in [6.45, 7) is 10.8. The number of benzene rings is 1. The summed E-state index contributed by atoms with van der Waals surface area (Å²) in [5.41, 5.74) is 4.26. The number of thiophene rings is 1. The molecule has 2 aromatic rings. The van der Waals surface area contributed by atoms with Crippen LogP contribution in [0.2, 0.25) is 0 Å². The van der Waals surface area contributed by atoms with Gasteiger partial charge in [0, 0.05) is 16.1 Å². The van der Waals surface area contributed by atoms with Crippen LogP contribution in [0.5, 0.6) is 0 Å². The summed E-state index contributed by atoms with van der Waals surface area (Å²) < 4.78 is 1.46. The smallest absolute Gasteiger partial charge is 0.0380 e. The average molecular weight is 233 g/mol. The first-order valence-electron chi connectivity index (χ1n) is 5.84. The van der Waals surface area contributed by atoms with Crippen LogP contribution in [-0.4, -0.2) is 6.54 Å². The van der Waals surface area contributed by atoms with Crippen molar-refractivity contribution in [1.82, 2.24) is 5.32 Å². The summed E-state index contributed by atoms with van der Waals surface area (Å²) in [7, 11) is 0. The van der Waals surface area contributed by atoms with Crippen LogP contribution in [0.15, 0.2) is 12.1 Å². The van der Waals surface area contributed by atoms with Crippen molar-refractivity contribution in [1.29, 1.82) is 0 Å². The molecule has 0 atom stereocenters. The van der Waals surface area contributed by atoms with Gasteiger partial charge in [-0.05, 0) is 49.4 Å². The summed E-state index contributed by atoms with van der Waals surface area (Å²) in [5, 5.41) is 4.89. The Morgan fingerprint density at radius 2 is 1.81 bits per heavy atom. The zero-order chi connectivity index (χ0) is 11.7. The van der Waals surface area contributed by atoms with Crippen LogP contribution in [0.3, 0.4) is 0 Å². The third-order valence-electron chi connectivity index (χ3n) is 3.12. The predicted molar refractivity (Wildman–Crippen MR) is 73.4 cm³/mol. The molecule has 1 nitrogen and oxygen atoms in total. The molecule has 0 aliphatic carbocycles. The van der Waals surface area contributed by atoms with E-state index in [1.165, 1.54) is 31.7 Å². The topological polar surface area (TPSA) is 12.0 Å². The second-order valence-electron chi connectivity index (χ2n) is 4.33. The zero-order valence-electron chi connectivity index (χ0n) is 10.5. The summed E-state index contributed by atoms with van der Waals surface area (Å²) in [6.07, 6.45) is 0. The zero-order valence-corrected chi connectivity index (χ0v) is 11.3. The van der Waals surface area contributed by atoms with E-state index in [9.17, 15) is 0 Å². The van der Waals surface area contributed by atoms with Gasteiger partial charge in [-0.25, -0.2) is 0 Å². The summed E-state index contributed by atoms with van der Waals surface area (Å²) >= 11 is 1.94. The maximum Gasteiger partial charge on any atom is 0.0380 e. The van der Waals surface area contributed by atoms with Crippen LogP contribution in [0.4, 0.5) is 0 Å². The summed E-state index contributed by atoms with van der Waals surface area (Å²) in [4.78, 5) is 1.48. The maximum absolute atomic E-state index is 3.42. The van der Waals surface area contributed by atoms with Crippen LogP contribution >= 0.6 is 11.3 Å². The van der Waals surface area contributed by atoms with Crippen LogP contribution in [0.25, 0.3) is 10.1 Å². The SMILES string of the molecule is CCNCc1sc2c(C)ccc(C)c2c1C. The van der Waals surface area contributed by atoms with E-state index in [2.05, 4.69) is 45.1 Å². The van der Waals surface area contributed by atoms with E-state index in [1.54, 1.807) is 0 Å². The maximum atomic E-state index is 3.42. The quantitative estimate of drug-likeness (QED) is 0.847. The molecule has 2 heteroatoms. The molecule has 0 radical (unpaired) electrons.